The van der Waals surface area contributed by atoms with Crippen molar-refractivity contribution in [1.82, 2.24) is 9.97 Å². The summed E-state index contributed by atoms with van der Waals surface area (Å²) >= 11 is 0. The van der Waals surface area contributed by atoms with Crippen LogP contribution in [-0.2, 0) is 6.42 Å². The zero-order valence-corrected chi connectivity index (χ0v) is 10.9. The predicted octanol–water partition coefficient (Wildman–Crippen LogP) is -1.11. The normalized spacial score (nSPS) is 17.0. The maximum Gasteiger partial charge on any atom is 0.162 e. The summed E-state index contributed by atoms with van der Waals surface area (Å²) in [6.45, 7) is 2.64. The standard InChI is InChI=1S/C12H20N2O5/c1-7(15)10(16)3-8-5-14-9(6-13-8)11(17)4-12(2,18)19/h5-7,10-11,15-19H,3-4H2,1-2H3/t7-,10-,11+/m1/s1. The van der Waals surface area contributed by atoms with Crippen molar-refractivity contribution in [2.75, 3.05) is 0 Å². The van der Waals surface area contributed by atoms with Gasteiger partial charge in [-0.2, -0.15) is 0 Å². The molecule has 108 valence electrons. The number of aliphatic hydroxyl groups excluding tert-OH is 3. The summed E-state index contributed by atoms with van der Waals surface area (Å²) in [6.07, 6.45) is -0.379. The molecule has 7 nitrogen and oxygen atoms in total. The third-order valence-corrected chi connectivity index (χ3v) is 2.62. The summed E-state index contributed by atoms with van der Waals surface area (Å²) in [5, 5.41) is 46.7. The average Bonchev–Trinajstić information content (AvgIpc) is 2.27. The van der Waals surface area contributed by atoms with Crippen molar-refractivity contribution in [3.63, 3.8) is 0 Å². The second-order valence-electron chi connectivity index (χ2n) is 4.88. The van der Waals surface area contributed by atoms with Crippen LogP contribution >= 0.6 is 0 Å². The van der Waals surface area contributed by atoms with Crippen LogP contribution in [0.4, 0.5) is 0 Å². The summed E-state index contributed by atoms with van der Waals surface area (Å²) < 4.78 is 0. The molecule has 1 aromatic heterocycles. The molecular weight excluding hydrogens is 252 g/mol. The van der Waals surface area contributed by atoms with E-state index in [-0.39, 0.29) is 18.5 Å². The SMILES string of the molecule is C[C@@H](O)[C@H](O)Cc1cnc([C@@H](O)CC(C)(O)O)cn1. The van der Waals surface area contributed by atoms with Crippen LogP contribution in [0.2, 0.25) is 0 Å². The third-order valence-electron chi connectivity index (χ3n) is 2.62. The fraction of sp³-hybridized carbons (Fsp3) is 0.667. The van der Waals surface area contributed by atoms with Gasteiger partial charge in [0.2, 0.25) is 0 Å². The Hall–Kier alpha value is -1.12. The van der Waals surface area contributed by atoms with Gasteiger partial charge in [-0.05, 0) is 13.8 Å². The van der Waals surface area contributed by atoms with Crippen LogP contribution in [0.1, 0.15) is 37.8 Å². The molecule has 0 aliphatic carbocycles. The molecule has 0 bridgehead atoms. The number of rotatable bonds is 6. The smallest absolute Gasteiger partial charge is 0.162 e. The first-order valence-corrected chi connectivity index (χ1v) is 5.99. The molecule has 0 spiro atoms. The largest absolute Gasteiger partial charge is 0.391 e. The highest BCUT2D eigenvalue weighted by Gasteiger charge is 2.23. The first-order valence-electron chi connectivity index (χ1n) is 5.99. The van der Waals surface area contributed by atoms with Crippen molar-refractivity contribution in [2.45, 2.75) is 50.8 Å². The second kappa shape index (κ2) is 6.36. The van der Waals surface area contributed by atoms with E-state index in [0.717, 1.165) is 6.92 Å². The average molecular weight is 272 g/mol. The molecule has 19 heavy (non-hydrogen) atoms. The molecule has 1 rings (SSSR count). The highest BCUT2D eigenvalue weighted by atomic mass is 16.5. The van der Waals surface area contributed by atoms with Crippen LogP contribution in [-0.4, -0.2) is 53.5 Å². The van der Waals surface area contributed by atoms with Gasteiger partial charge in [-0.1, -0.05) is 0 Å². The quantitative estimate of drug-likeness (QED) is 0.415. The molecular formula is C12H20N2O5. The molecule has 1 aromatic rings. The van der Waals surface area contributed by atoms with E-state index in [1.165, 1.54) is 19.3 Å². The molecule has 0 amide bonds. The van der Waals surface area contributed by atoms with Gasteiger partial charge in [-0.25, -0.2) is 0 Å². The highest BCUT2D eigenvalue weighted by Crippen LogP contribution is 2.20. The molecule has 5 N–H and O–H groups in total. The number of aliphatic hydroxyl groups is 5. The summed E-state index contributed by atoms with van der Waals surface area (Å²) in [6, 6.07) is 0. The van der Waals surface area contributed by atoms with Gasteiger partial charge in [0, 0.05) is 19.0 Å². The van der Waals surface area contributed by atoms with E-state index in [2.05, 4.69) is 9.97 Å². The van der Waals surface area contributed by atoms with E-state index < -0.39 is 24.1 Å². The Balaban J connectivity index is 2.66. The van der Waals surface area contributed by atoms with Crippen LogP contribution in [0.25, 0.3) is 0 Å². The van der Waals surface area contributed by atoms with Crippen molar-refractivity contribution in [1.29, 1.82) is 0 Å². The van der Waals surface area contributed by atoms with E-state index in [0.29, 0.717) is 5.69 Å². The van der Waals surface area contributed by atoms with Gasteiger partial charge >= 0.3 is 0 Å². The third kappa shape index (κ3) is 5.58. The number of nitrogens with zero attached hydrogens (tertiary/aromatic N) is 2. The maximum absolute atomic E-state index is 9.71. The monoisotopic (exact) mass is 272 g/mol. The van der Waals surface area contributed by atoms with Crippen LogP contribution in [0, 0.1) is 0 Å². The van der Waals surface area contributed by atoms with E-state index >= 15 is 0 Å². The van der Waals surface area contributed by atoms with Gasteiger partial charge in [0.05, 0.1) is 29.8 Å². The molecule has 0 aliphatic heterocycles. The lowest BCUT2D eigenvalue weighted by Crippen LogP contribution is -2.26. The molecule has 0 unspecified atom stereocenters. The van der Waals surface area contributed by atoms with Crippen LogP contribution in [0.15, 0.2) is 12.4 Å². The lowest BCUT2D eigenvalue weighted by Gasteiger charge is -2.19. The number of hydrogen-bond acceptors (Lipinski definition) is 7. The fourth-order valence-electron chi connectivity index (χ4n) is 1.50. The molecule has 0 fully saturated rings. The Bertz CT molecular complexity index is 388. The van der Waals surface area contributed by atoms with Crippen LogP contribution in [0.3, 0.4) is 0 Å². The van der Waals surface area contributed by atoms with Gasteiger partial charge in [0.15, 0.2) is 5.79 Å². The minimum atomic E-state index is -1.98. The van der Waals surface area contributed by atoms with Gasteiger partial charge in [0.1, 0.15) is 6.10 Å². The zero-order valence-electron chi connectivity index (χ0n) is 10.9. The van der Waals surface area contributed by atoms with Gasteiger partial charge in [-0.15, -0.1) is 0 Å². The van der Waals surface area contributed by atoms with E-state index in [1.807, 2.05) is 0 Å². The molecule has 0 saturated carbocycles. The second-order valence-corrected chi connectivity index (χ2v) is 4.88. The summed E-state index contributed by atoms with van der Waals surface area (Å²) in [4.78, 5) is 7.94. The van der Waals surface area contributed by atoms with Crippen molar-refractivity contribution in [3.05, 3.63) is 23.8 Å². The molecule has 0 aromatic carbocycles. The van der Waals surface area contributed by atoms with E-state index in [1.54, 1.807) is 0 Å². The summed E-state index contributed by atoms with van der Waals surface area (Å²) in [7, 11) is 0. The van der Waals surface area contributed by atoms with Gasteiger partial charge in [0.25, 0.3) is 0 Å². The lowest BCUT2D eigenvalue weighted by atomic mass is 10.1. The molecule has 3 atom stereocenters. The Labute approximate surface area is 111 Å². The molecule has 1 heterocycles. The molecule has 0 radical (unpaired) electrons. The Morgan fingerprint density at radius 3 is 2.21 bits per heavy atom. The minimum absolute atomic E-state index is 0.152. The Morgan fingerprint density at radius 1 is 1.16 bits per heavy atom. The zero-order chi connectivity index (χ0) is 14.6. The van der Waals surface area contributed by atoms with E-state index in [4.69, 9.17) is 5.11 Å². The van der Waals surface area contributed by atoms with Crippen molar-refractivity contribution in [2.24, 2.45) is 0 Å². The molecule has 0 saturated heterocycles. The van der Waals surface area contributed by atoms with Gasteiger partial charge in [-0.3, -0.25) is 9.97 Å². The topological polar surface area (TPSA) is 127 Å². The number of hydrogen-bond donors (Lipinski definition) is 5. The Morgan fingerprint density at radius 2 is 1.79 bits per heavy atom. The van der Waals surface area contributed by atoms with Gasteiger partial charge < -0.3 is 25.5 Å². The minimum Gasteiger partial charge on any atom is -0.391 e. The lowest BCUT2D eigenvalue weighted by molar-refractivity contribution is -0.166. The van der Waals surface area contributed by atoms with Crippen molar-refractivity contribution >= 4 is 0 Å². The van der Waals surface area contributed by atoms with E-state index in [9.17, 15) is 20.4 Å². The molecule has 7 heteroatoms. The first-order chi connectivity index (χ1) is 8.69. The Kier molecular flexibility index (Phi) is 5.33. The van der Waals surface area contributed by atoms with Crippen LogP contribution < -0.4 is 0 Å². The van der Waals surface area contributed by atoms with Crippen molar-refractivity contribution < 1.29 is 25.5 Å². The fourth-order valence-corrected chi connectivity index (χ4v) is 1.50. The van der Waals surface area contributed by atoms with Crippen molar-refractivity contribution in [3.8, 4) is 0 Å². The van der Waals surface area contributed by atoms with Crippen LogP contribution in [0.5, 0.6) is 0 Å². The highest BCUT2D eigenvalue weighted by molar-refractivity contribution is 5.06. The number of aromatic nitrogens is 2. The maximum atomic E-state index is 9.71. The predicted molar refractivity (Wildman–Crippen MR) is 65.8 cm³/mol. The summed E-state index contributed by atoms with van der Waals surface area (Å²) in [5.74, 6) is -1.98. The first kappa shape index (κ1) is 15.9. The summed E-state index contributed by atoms with van der Waals surface area (Å²) in [5.41, 5.74) is 0.685. The molecule has 0 aliphatic rings.